The average Bonchev–Trinajstić information content (AvgIpc) is 2.62. The molecule has 1 unspecified atom stereocenters. The van der Waals surface area contributed by atoms with Crippen LogP contribution in [0, 0.1) is 0 Å². The second-order valence-corrected chi connectivity index (χ2v) is 6.55. The molecule has 0 amide bonds. The molecule has 0 radical (unpaired) electrons. The van der Waals surface area contributed by atoms with Crippen molar-refractivity contribution in [1.29, 1.82) is 0 Å². The first-order valence-electron chi connectivity index (χ1n) is 9.49. The highest BCUT2D eigenvalue weighted by atomic mass is 16.5. The van der Waals surface area contributed by atoms with E-state index in [2.05, 4.69) is 47.5 Å². The zero-order chi connectivity index (χ0) is 16.2. The van der Waals surface area contributed by atoms with Crippen molar-refractivity contribution >= 4 is 0 Å². The summed E-state index contributed by atoms with van der Waals surface area (Å²) in [5.41, 5.74) is 1.42. The minimum absolute atomic E-state index is 0.472. The molecule has 1 aliphatic rings. The van der Waals surface area contributed by atoms with Gasteiger partial charge < -0.3 is 10.1 Å². The van der Waals surface area contributed by atoms with E-state index in [4.69, 9.17) is 4.74 Å². The summed E-state index contributed by atoms with van der Waals surface area (Å²) in [7, 11) is 0. The van der Waals surface area contributed by atoms with Gasteiger partial charge >= 0.3 is 0 Å². The minimum atomic E-state index is 0.472. The highest BCUT2D eigenvalue weighted by molar-refractivity contribution is 5.19. The molecular weight excluding hydrogens is 284 g/mol. The van der Waals surface area contributed by atoms with Gasteiger partial charge in [0.15, 0.2) is 0 Å². The van der Waals surface area contributed by atoms with E-state index >= 15 is 0 Å². The monoisotopic (exact) mass is 318 g/mol. The fourth-order valence-electron chi connectivity index (χ4n) is 3.29. The molecule has 0 spiro atoms. The molecule has 1 saturated heterocycles. The topological polar surface area (TPSA) is 24.5 Å². The summed E-state index contributed by atoms with van der Waals surface area (Å²) in [4.78, 5) is 2.56. The van der Waals surface area contributed by atoms with Crippen LogP contribution in [-0.4, -0.2) is 44.3 Å². The maximum atomic E-state index is 5.51. The Balaban J connectivity index is 1.72. The smallest absolute Gasteiger partial charge is 0.0594 e. The van der Waals surface area contributed by atoms with E-state index in [1.54, 1.807) is 0 Å². The highest BCUT2D eigenvalue weighted by Crippen LogP contribution is 2.21. The van der Waals surface area contributed by atoms with Crippen molar-refractivity contribution in [1.82, 2.24) is 10.2 Å². The normalized spacial score (nSPS) is 17.3. The summed E-state index contributed by atoms with van der Waals surface area (Å²) in [6.45, 7) is 8.26. The Morgan fingerprint density at radius 1 is 1.00 bits per heavy atom. The maximum Gasteiger partial charge on any atom is 0.0594 e. The third kappa shape index (κ3) is 7.03. The number of ether oxygens (including phenoxy) is 1. The quantitative estimate of drug-likeness (QED) is 0.624. The lowest BCUT2D eigenvalue weighted by molar-refractivity contribution is 0.0162. The van der Waals surface area contributed by atoms with Gasteiger partial charge in [-0.25, -0.2) is 0 Å². The Hall–Kier alpha value is -0.900. The maximum absolute atomic E-state index is 5.51. The molecule has 0 aromatic heterocycles. The molecule has 1 aliphatic heterocycles. The van der Waals surface area contributed by atoms with Crippen LogP contribution in [0.2, 0.25) is 0 Å². The molecule has 1 fully saturated rings. The number of hydrogen-bond donors (Lipinski definition) is 1. The third-order valence-electron chi connectivity index (χ3n) is 4.72. The fraction of sp³-hybridized carbons (Fsp3) is 0.700. The Labute approximate surface area is 142 Å². The van der Waals surface area contributed by atoms with Gasteiger partial charge in [0.2, 0.25) is 0 Å². The van der Waals surface area contributed by atoms with Crippen molar-refractivity contribution in [2.45, 2.75) is 51.5 Å². The van der Waals surface area contributed by atoms with Crippen LogP contribution in [-0.2, 0) is 4.74 Å². The first-order valence-corrected chi connectivity index (χ1v) is 9.49. The molecule has 0 saturated carbocycles. The van der Waals surface area contributed by atoms with Crippen molar-refractivity contribution in [3.63, 3.8) is 0 Å². The number of benzene rings is 1. The zero-order valence-electron chi connectivity index (χ0n) is 14.8. The van der Waals surface area contributed by atoms with Crippen molar-refractivity contribution < 1.29 is 4.74 Å². The summed E-state index contributed by atoms with van der Waals surface area (Å²) in [6, 6.07) is 11.4. The first-order chi connectivity index (χ1) is 11.4. The van der Waals surface area contributed by atoms with Gasteiger partial charge in [-0.15, -0.1) is 0 Å². The van der Waals surface area contributed by atoms with E-state index in [0.29, 0.717) is 6.04 Å². The Kier molecular flexibility index (Phi) is 9.31. The van der Waals surface area contributed by atoms with E-state index in [-0.39, 0.29) is 0 Å². The average molecular weight is 319 g/mol. The van der Waals surface area contributed by atoms with E-state index < -0.39 is 0 Å². The minimum Gasteiger partial charge on any atom is -0.379 e. The molecule has 1 N–H and O–H groups in total. The lowest BCUT2D eigenvalue weighted by Gasteiger charge is -2.35. The molecule has 3 heteroatoms. The van der Waals surface area contributed by atoms with Crippen molar-refractivity contribution in [3.05, 3.63) is 35.9 Å². The third-order valence-corrected chi connectivity index (χ3v) is 4.72. The number of nitrogens with zero attached hydrogens (tertiary/aromatic N) is 1. The van der Waals surface area contributed by atoms with Gasteiger partial charge in [0.05, 0.1) is 13.2 Å². The predicted octanol–water partition coefficient (Wildman–Crippen LogP) is 4.01. The van der Waals surface area contributed by atoms with Crippen LogP contribution in [0.15, 0.2) is 30.3 Å². The highest BCUT2D eigenvalue weighted by Gasteiger charge is 2.21. The van der Waals surface area contributed by atoms with Gasteiger partial charge in [0, 0.05) is 25.7 Å². The van der Waals surface area contributed by atoms with Crippen LogP contribution in [0.25, 0.3) is 0 Å². The Morgan fingerprint density at radius 2 is 1.70 bits per heavy atom. The number of unbranched alkanes of at least 4 members (excludes halogenated alkanes) is 5. The lowest BCUT2D eigenvalue weighted by atomic mass is 10.0. The molecule has 2 rings (SSSR count). The standard InChI is InChI=1S/C20H34N2O/c1-2-3-4-5-6-10-13-21-18-20(19-11-8-7-9-12-19)22-14-16-23-17-15-22/h7-9,11-12,20-21H,2-6,10,13-18H2,1H3. The molecule has 1 atom stereocenters. The van der Waals surface area contributed by atoms with Crippen molar-refractivity contribution in [2.75, 3.05) is 39.4 Å². The molecular formula is C20H34N2O. The molecule has 3 nitrogen and oxygen atoms in total. The van der Waals surface area contributed by atoms with Crippen LogP contribution in [0.4, 0.5) is 0 Å². The van der Waals surface area contributed by atoms with Crippen LogP contribution in [0.3, 0.4) is 0 Å². The van der Waals surface area contributed by atoms with Crippen LogP contribution in [0.1, 0.15) is 57.1 Å². The lowest BCUT2D eigenvalue weighted by Crippen LogP contribution is -2.43. The largest absolute Gasteiger partial charge is 0.379 e. The second kappa shape index (κ2) is 11.6. The van der Waals surface area contributed by atoms with Gasteiger partial charge in [0.1, 0.15) is 0 Å². The van der Waals surface area contributed by atoms with Gasteiger partial charge in [0.25, 0.3) is 0 Å². The van der Waals surface area contributed by atoms with E-state index in [1.165, 1.54) is 44.1 Å². The van der Waals surface area contributed by atoms with Gasteiger partial charge in [-0.3, -0.25) is 4.90 Å². The van der Waals surface area contributed by atoms with Gasteiger partial charge in [-0.2, -0.15) is 0 Å². The Bertz CT molecular complexity index is 390. The SMILES string of the molecule is CCCCCCCCNCC(c1ccccc1)N1CCOCC1. The summed E-state index contributed by atoms with van der Waals surface area (Å²) in [5, 5.41) is 3.69. The molecule has 130 valence electrons. The van der Waals surface area contributed by atoms with E-state index in [9.17, 15) is 0 Å². The molecule has 1 aromatic carbocycles. The van der Waals surface area contributed by atoms with Crippen molar-refractivity contribution in [2.24, 2.45) is 0 Å². The predicted molar refractivity (Wildman–Crippen MR) is 97.8 cm³/mol. The fourth-order valence-corrected chi connectivity index (χ4v) is 3.29. The van der Waals surface area contributed by atoms with Gasteiger partial charge in [-0.05, 0) is 18.5 Å². The first kappa shape index (κ1) is 18.4. The molecule has 23 heavy (non-hydrogen) atoms. The number of hydrogen-bond acceptors (Lipinski definition) is 3. The summed E-state index contributed by atoms with van der Waals surface area (Å²) < 4.78 is 5.51. The molecule has 0 aliphatic carbocycles. The van der Waals surface area contributed by atoms with E-state index in [0.717, 1.165) is 39.4 Å². The molecule has 0 bridgehead atoms. The zero-order valence-corrected chi connectivity index (χ0v) is 14.8. The van der Waals surface area contributed by atoms with E-state index in [1.807, 2.05) is 0 Å². The second-order valence-electron chi connectivity index (χ2n) is 6.55. The summed E-state index contributed by atoms with van der Waals surface area (Å²) in [6.07, 6.45) is 8.17. The molecule has 1 heterocycles. The van der Waals surface area contributed by atoms with Crippen molar-refractivity contribution in [3.8, 4) is 0 Å². The van der Waals surface area contributed by atoms with Crippen LogP contribution in [0.5, 0.6) is 0 Å². The number of rotatable bonds is 11. The number of morpholine rings is 1. The van der Waals surface area contributed by atoms with Crippen LogP contribution >= 0.6 is 0 Å². The Morgan fingerprint density at radius 3 is 2.43 bits per heavy atom. The summed E-state index contributed by atoms with van der Waals surface area (Å²) in [5.74, 6) is 0. The summed E-state index contributed by atoms with van der Waals surface area (Å²) >= 11 is 0. The van der Waals surface area contributed by atoms with Crippen LogP contribution < -0.4 is 5.32 Å². The molecule has 1 aromatic rings. The number of nitrogens with one attached hydrogen (secondary N) is 1. The van der Waals surface area contributed by atoms with Gasteiger partial charge in [-0.1, -0.05) is 69.4 Å².